The van der Waals surface area contributed by atoms with E-state index in [0.717, 1.165) is 24.3 Å². The lowest BCUT2D eigenvalue weighted by Gasteiger charge is -2.22. The van der Waals surface area contributed by atoms with E-state index in [1.807, 2.05) is 146 Å². The van der Waals surface area contributed by atoms with E-state index in [2.05, 4.69) is 60.7 Å². The third-order valence-corrected chi connectivity index (χ3v) is 24.5. The fourth-order valence-corrected chi connectivity index (χ4v) is 18.8. The number of alkyl halides is 6. The summed E-state index contributed by atoms with van der Waals surface area (Å²) in [6.07, 6.45) is -10.1. The Morgan fingerprint density at radius 3 is 0.856 bits per heavy atom. The van der Waals surface area contributed by atoms with Crippen LogP contribution >= 0.6 is 0 Å². The van der Waals surface area contributed by atoms with Gasteiger partial charge in [-0.1, -0.05) is 133 Å². The number of nitriles is 12. The van der Waals surface area contributed by atoms with Crippen molar-refractivity contribution in [1.82, 2.24) is 18.3 Å². The fourth-order valence-electron chi connectivity index (χ4n) is 18.8. The molecule has 0 aliphatic rings. The largest absolute Gasteiger partial charge is 0.417 e. The molecule has 0 saturated heterocycles. The van der Waals surface area contributed by atoms with Crippen LogP contribution in [0.2, 0.25) is 0 Å². The molecule has 610 valence electrons. The van der Waals surface area contributed by atoms with Gasteiger partial charge in [0, 0.05) is 70.9 Å². The van der Waals surface area contributed by atoms with Gasteiger partial charge in [0.15, 0.2) is 0 Å². The minimum absolute atomic E-state index is 0.00550. The zero-order valence-corrected chi connectivity index (χ0v) is 68.1. The van der Waals surface area contributed by atoms with Gasteiger partial charge in [-0.15, -0.1) is 0 Å². The van der Waals surface area contributed by atoms with E-state index in [-0.39, 0.29) is 101 Å². The van der Waals surface area contributed by atoms with Crippen LogP contribution in [0, 0.1) is 136 Å². The van der Waals surface area contributed by atoms with Gasteiger partial charge in [-0.05, 0) is 208 Å². The monoisotopic (exact) mass is 1710 g/mol. The summed E-state index contributed by atoms with van der Waals surface area (Å²) in [4.78, 5) is 0. The van der Waals surface area contributed by atoms with Crippen molar-refractivity contribution in [3.05, 3.63) is 369 Å². The van der Waals surface area contributed by atoms with Crippen LogP contribution in [0.15, 0.2) is 291 Å². The first-order valence-corrected chi connectivity index (χ1v) is 40.6. The maximum absolute atomic E-state index is 15.9. The molecule has 4 aromatic heterocycles. The van der Waals surface area contributed by atoms with Crippen LogP contribution in [0.5, 0.6) is 0 Å². The molecule has 0 atom stereocenters. The molecule has 0 spiro atoms. The first-order valence-electron chi connectivity index (χ1n) is 40.6. The third kappa shape index (κ3) is 12.7. The van der Waals surface area contributed by atoms with E-state index in [4.69, 9.17) is 0 Å². The highest BCUT2D eigenvalue weighted by Crippen LogP contribution is 2.51. The second kappa shape index (κ2) is 31.1. The van der Waals surface area contributed by atoms with Crippen molar-refractivity contribution in [3.63, 3.8) is 0 Å². The SMILES string of the molecule is N#Cc1ccc(-c2ccc3c(c2)c2ccccc2n3-c2cc(-c3c(C#N)cccc3C(F)(F)F)c(C#N)cc2-n2c3ccc(-c4ccc(C#N)cc4C#N)cc3c3ccc(-c4cc(C#N)cc(C#N)c4-c4ccc5c6ccccc6n(-c6cc(-c7c(C#N)cccc7C(F)(F)F)c(C#N)cc6-n6c7ccccc7c7ccc(-c8ccc(C#N)cc8C#N)cc76)c5c4)cc32)c(C#N)c1. The molecule has 16 aromatic carbocycles. The van der Waals surface area contributed by atoms with Crippen molar-refractivity contribution in [3.8, 4) is 173 Å². The van der Waals surface area contributed by atoms with E-state index < -0.39 is 40.2 Å². The predicted molar refractivity (Wildman–Crippen MR) is 488 cm³/mol. The van der Waals surface area contributed by atoms with Crippen molar-refractivity contribution >= 4 is 87.2 Å². The van der Waals surface area contributed by atoms with Crippen LogP contribution in [0.25, 0.3) is 188 Å². The molecule has 0 radical (unpaired) electrons. The lowest BCUT2D eigenvalue weighted by Crippen LogP contribution is -2.10. The van der Waals surface area contributed by atoms with E-state index in [1.54, 1.807) is 91.0 Å². The summed E-state index contributed by atoms with van der Waals surface area (Å²) < 4.78 is 103. The lowest BCUT2D eigenvalue weighted by atomic mass is 9.88. The lowest BCUT2D eigenvalue weighted by molar-refractivity contribution is -0.137. The number of nitrogens with zero attached hydrogens (tertiary/aromatic N) is 16. The average molecular weight is 1710 g/mol. The number of rotatable bonds is 11. The van der Waals surface area contributed by atoms with Crippen LogP contribution in [0.1, 0.15) is 77.9 Å². The maximum atomic E-state index is 15.9. The summed E-state index contributed by atoms with van der Waals surface area (Å²) in [6, 6.07) is 105. The molecule has 0 amide bonds. The first-order chi connectivity index (χ1) is 64.2. The number of benzene rings is 16. The molecule has 0 unspecified atom stereocenters. The number of para-hydroxylation sites is 3. The summed E-state index contributed by atoms with van der Waals surface area (Å²) in [6.45, 7) is 0. The van der Waals surface area contributed by atoms with Crippen molar-refractivity contribution in [2.24, 2.45) is 0 Å². The van der Waals surface area contributed by atoms with Crippen LogP contribution < -0.4 is 0 Å². The normalized spacial score (nSPS) is 11.3. The molecule has 0 aliphatic heterocycles. The molecule has 0 bridgehead atoms. The molecule has 0 saturated carbocycles. The minimum atomic E-state index is -5.08. The third-order valence-electron chi connectivity index (χ3n) is 24.5. The second-order valence-corrected chi connectivity index (χ2v) is 31.3. The Bertz CT molecular complexity index is 9200. The second-order valence-electron chi connectivity index (χ2n) is 31.3. The summed E-state index contributed by atoms with van der Waals surface area (Å²) in [5.41, 5.74) is 4.81. The Kier molecular flexibility index (Phi) is 19.0. The quantitative estimate of drug-likeness (QED) is 0.109. The Morgan fingerprint density at radius 2 is 0.477 bits per heavy atom. The Hall–Kier alpha value is -19.8. The van der Waals surface area contributed by atoms with Gasteiger partial charge in [-0.25, -0.2) is 0 Å². The molecule has 20 aromatic rings. The smallest absolute Gasteiger partial charge is 0.307 e. The topological polar surface area (TPSA) is 305 Å². The maximum Gasteiger partial charge on any atom is 0.417 e. The van der Waals surface area contributed by atoms with Crippen LogP contribution in [-0.2, 0) is 12.4 Å². The molecular formula is C110H48F6N16. The van der Waals surface area contributed by atoms with Crippen molar-refractivity contribution in [2.75, 3.05) is 0 Å². The summed E-state index contributed by atoms with van der Waals surface area (Å²) in [5, 5.41) is 135. The molecule has 0 fully saturated rings. The standard InChI is InChI=1S/C110H48F6N16/c111-109(112,113)92-14-7-9-70(53-121)107(92)88-47-104(129-96-18-6-3-13-83(96)90-40-65(25-33-97(90)129)78-27-19-61(49-117)35-72(78)55-123)102(45-75(88)58-126)132-98-34-26-66(79-28-20-62(50-118)36-73(79)56-124)41-91(98)86-31-23-68(43-100(86)132)87-39-64(52-120)38-77(60-128)106(87)69-24-32-85-82-12-2-5-17-95(82)131(101(85)44-69)105-48-89(108-71(54-122)10-8-15-93(108)110(114,115)116)76(59-127)46-103(105)130-94-16-4-1-11-81(94)84-30-22-67(42-99(84)130)80-29-21-63(51-119)37-74(80)57-125/h1-48H. The molecule has 0 aliphatic carbocycles. The van der Waals surface area contributed by atoms with Crippen molar-refractivity contribution in [1.29, 1.82) is 63.1 Å². The summed E-state index contributed by atoms with van der Waals surface area (Å²) >= 11 is 0. The van der Waals surface area contributed by atoms with Gasteiger partial charge in [0.2, 0.25) is 0 Å². The average Bonchev–Trinajstić information content (AvgIpc) is 1.55. The Morgan fingerprint density at radius 1 is 0.182 bits per heavy atom. The van der Waals surface area contributed by atoms with Gasteiger partial charge in [0.1, 0.15) is 0 Å². The molecular weight excluding hydrogens is 1660 g/mol. The highest BCUT2D eigenvalue weighted by molar-refractivity contribution is 6.17. The molecule has 22 heteroatoms. The van der Waals surface area contributed by atoms with Gasteiger partial charge >= 0.3 is 12.4 Å². The number of hydrogen-bond acceptors (Lipinski definition) is 12. The van der Waals surface area contributed by atoms with E-state index in [1.165, 1.54) is 60.7 Å². The van der Waals surface area contributed by atoms with Crippen molar-refractivity contribution < 1.29 is 26.3 Å². The Balaban J connectivity index is 0.884. The van der Waals surface area contributed by atoms with Crippen molar-refractivity contribution in [2.45, 2.75) is 12.4 Å². The van der Waals surface area contributed by atoms with Crippen LogP contribution in [0.4, 0.5) is 26.3 Å². The zero-order chi connectivity index (χ0) is 91.4. The van der Waals surface area contributed by atoms with Gasteiger partial charge in [-0.3, -0.25) is 0 Å². The van der Waals surface area contributed by atoms with Gasteiger partial charge in [0.05, 0.1) is 218 Å². The van der Waals surface area contributed by atoms with E-state index in [0.29, 0.717) is 137 Å². The highest BCUT2D eigenvalue weighted by Gasteiger charge is 2.39. The fraction of sp³-hybridized carbons (Fsp3) is 0.0182. The van der Waals surface area contributed by atoms with E-state index in [9.17, 15) is 63.1 Å². The molecule has 16 nitrogen and oxygen atoms in total. The van der Waals surface area contributed by atoms with Gasteiger partial charge in [-0.2, -0.15) is 89.5 Å². The van der Waals surface area contributed by atoms with Crippen LogP contribution in [-0.4, -0.2) is 18.3 Å². The van der Waals surface area contributed by atoms with Gasteiger partial charge in [0.25, 0.3) is 0 Å². The zero-order valence-electron chi connectivity index (χ0n) is 68.1. The molecule has 132 heavy (non-hydrogen) atoms. The number of aromatic nitrogens is 4. The first kappa shape index (κ1) is 80.6. The predicted octanol–water partition coefficient (Wildman–Crippen LogP) is 26.2. The van der Waals surface area contributed by atoms with E-state index >= 15 is 26.3 Å². The minimum Gasteiger partial charge on any atom is -0.307 e. The molecule has 0 N–H and O–H groups in total. The number of fused-ring (bicyclic) bond motifs is 12. The molecule has 4 heterocycles. The Labute approximate surface area is 745 Å². The molecule has 20 rings (SSSR count). The van der Waals surface area contributed by atoms with Gasteiger partial charge < -0.3 is 18.3 Å². The summed E-state index contributed by atoms with van der Waals surface area (Å²) in [7, 11) is 0. The number of halogens is 6. The number of hydrogen-bond donors (Lipinski definition) is 0. The van der Waals surface area contributed by atoms with Crippen LogP contribution in [0.3, 0.4) is 0 Å². The highest BCUT2D eigenvalue weighted by atomic mass is 19.4. The summed E-state index contributed by atoms with van der Waals surface area (Å²) in [5.74, 6) is 0.